The number of hydrogen-bond acceptors (Lipinski definition) is 15. The molecule has 15 heteroatoms. The van der Waals surface area contributed by atoms with E-state index in [1.807, 2.05) is 0 Å². The second-order valence-electron chi connectivity index (χ2n) is 15.5. The van der Waals surface area contributed by atoms with Crippen molar-refractivity contribution in [2.24, 2.45) is 0 Å². The highest BCUT2D eigenvalue weighted by atomic mass is 16.7. The first-order chi connectivity index (χ1) is 28.5. The summed E-state index contributed by atoms with van der Waals surface area (Å²) >= 11 is 0. The van der Waals surface area contributed by atoms with Crippen LogP contribution in [0.2, 0.25) is 0 Å². The number of aliphatic hydroxyl groups excluding tert-OH is 7. The Morgan fingerprint density at radius 1 is 0.542 bits per heavy atom. The highest BCUT2D eigenvalue weighted by Crippen LogP contribution is 2.26. The molecule has 15 nitrogen and oxygen atoms in total. The molecule has 0 amide bonds. The van der Waals surface area contributed by atoms with Crippen molar-refractivity contribution in [1.82, 2.24) is 0 Å². The number of aliphatic hydroxyl groups is 7. The van der Waals surface area contributed by atoms with Gasteiger partial charge in [-0.2, -0.15) is 0 Å². The summed E-state index contributed by atoms with van der Waals surface area (Å²) in [5, 5.41) is 71.7. The minimum absolute atomic E-state index is 0.117. The van der Waals surface area contributed by atoms with Gasteiger partial charge in [-0.25, -0.2) is 0 Å². The molecule has 0 spiro atoms. The standard InChI is InChI=1S/C44H76O15/c1-3-5-7-9-11-13-14-15-16-17-18-19-21-23-25-27-36(47)57-32(29-54-35(46)26-24-22-20-12-10-8-6-4-2)30-55-43-42(53)40(51)38(49)34(59-43)31-56-44-41(52)39(50)37(48)33(28-45)58-44/h11,13,15-16,18-19,32-34,37-45,48-53H,3-10,12,14,17,20-31H2,1-2H3/b13-11+,16-15+,19-18+/t32-,33-,34-,37+,38+,39?,40?,41?,42?,43-,44-/m1/s1. The second-order valence-corrected chi connectivity index (χ2v) is 15.5. The first-order valence-electron chi connectivity index (χ1n) is 22.1. The Morgan fingerprint density at radius 2 is 1.02 bits per heavy atom. The molecule has 0 aromatic heterocycles. The van der Waals surface area contributed by atoms with Crippen molar-refractivity contribution in [2.75, 3.05) is 26.4 Å². The number of hydrogen-bond donors (Lipinski definition) is 7. The van der Waals surface area contributed by atoms with Crippen molar-refractivity contribution in [3.05, 3.63) is 36.5 Å². The molecule has 0 radical (unpaired) electrons. The van der Waals surface area contributed by atoms with Gasteiger partial charge in [0, 0.05) is 12.8 Å². The molecule has 2 fully saturated rings. The van der Waals surface area contributed by atoms with E-state index in [9.17, 15) is 45.3 Å². The molecule has 11 atom stereocenters. The second kappa shape index (κ2) is 32.4. The molecule has 59 heavy (non-hydrogen) atoms. The molecular formula is C44H76O15. The number of carbonyl (C=O) groups is 2. The van der Waals surface area contributed by atoms with Crippen LogP contribution in [-0.2, 0) is 38.0 Å². The molecule has 4 unspecified atom stereocenters. The van der Waals surface area contributed by atoms with E-state index < -0.39 is 99.3 Å². The molecule has 2 heterocycles. The monoisotopic (exact) mass is 845 g/mol. The molecule has 0 bridgehead atoms. The lowest BCUT2D eigenvalue weighted by Crippen LogP contribution is -2.61. The fourth-order valence-electron chi connectivity index (χ4n) is 6.63. The third-order valence-corrected chi connectivity index (χ3v) is 10.4. The minimum Gasteiger partial charge on any atom is -0.462 e. The van der Waals surface area contributed by atoms with Gasteiger partial charge >= 0.3 is 11.9 Å². The Labute approximate surface area is 351 Å². The molecule has 0 aliphatic carbocycles. The minimum atomic E-state index is -1.77. The van der Waals surface area contributed by atoms with Crippen LogP contribution in [0.25, 0.3) is 0 Å². The van der Waals surface area contributed by atoms with Gasteiger partial charge in [-0.3, -0.25) is 9.59 Å². The van der Waals surface area contributed by atoms with Gasteiger partial charge in [0.1, 0.15) is 55.4 Å². The maximum atomic E-state index is 12.9. The third-order valence-electron chi connectivity index (χ3n) is 10.4. The average Bonchev–Trinajstić information content (AvgIpc) is 3.23. The number of unbranched alkanes of at least 4 members (excludes halogenated alkanes) is 12. The van der Waals surface area contributed by atoms with Crippen LogP contribution in [0.4, 0.5) is 0 Å². The van der Waals surface area contributed by atoms with E-state index in [4.69, 9.17) is 28.4 Å². The molecule has 2 rings (SSSR count). The maximum Gasteiger partial charge on any atom is 0.306 e. The van der Waals surface area contributed by atoms with Crippen LogP contribution in [0.3, 0.4) is 0 Å². The van der Waals surface area contributed by atoms with E-state index in [1.54, 1.807) is 0 Å². The summed E-state index contributed by atoms with van der Waals surface area (Å²) in [5.41, 5.74) is 0. The summed E-state index contributed by atoms with van der Waals surface area (Å²) < 4.78 is 33.3. The molecule has 2 aliphatic heterocycles. The third kappa shape index (κ3) is 21.9. The summed E-state index contributed by atoms with van der Waals surface area (Å²) in [7, 11) is 0. The molecular weight excluding hydrogens is 768 g/mol. The summed E-state index contributed by atoms with van der Waals surface area (Å²) in [6, 6.07) is 0. The Kier molecular flexibility index (Phi) is 29.1. The van der Waals surface area contributed by atoms with Gasteiger partial charge in [0.05, 0.1) is 19.8 Å². The van der Waals surface area contributed by atoms with Crippen LogP contribution in [0.15, 0.2) is 36.5 Å². The van der Waals surface area contributed by atoms with E-state index in [-0.39, 0.29) is 19.4 Å². The van der Waals surface area contributed by atoms with E-state index in [0.717, 1.165) is 51.4 Å². The SMILES string of the molecule is CCCCC/C=C/C/C=C/C/C=C/CCCCC(=O)O[C@H](COC(=O)CCCCCCCCCC)CO[C@@H]1O[C@H](CO[C@@H]2O[C@H](CO)[C@H](O)C(O)C2O)[C@H](O)C(O)C1O. The lowest BCUT2D eigenvalue weighted by Gasteiger charge is -2.42. The first kappa shape index (κ1) is 52.9. The van der Waals surface area contributed by atoms with E-state index in [2.05, 4.69) is 50.3 Å². The Morgan fingerprint density at radius 3 is 1.63 bits per heavy atom. The molecule has 2 aliphatic rings. The van der Waals surface area contributed by atoms with Crippen molar-refractivity contribution < 1.29 is 73.8 Å². The van der Waals surface area contributed by atoms with Crippen LogP contribution in [0, 0.1) is 0 Å². The molecule has 0 aromatic carbocycles. The largest absolute Gasteiger partial charge is 0.462 e. The average molecular weight is 845 g/mol. The summed E-state index contributed by atoms with van der Waals surface area (Å²) in [6.07, 6.45) is 13.5. The van der Waals surface area contributed by atoms with Gasteiger partial charge in [0.15, 0.2) is 18.7 Å². The van der Waals surface area contributed by atoms with Crippen LogP contribution in [0.5, 0.6) is 0 Å². The zero-order chi connectivity index (χ0) is 43.3. The van der Waals surface area contributed by atoms with Crippen molar-refractivity contribution in [3.8, 4) is 0 Å². The number of allylic oxidation sites excluding steroid dienone is 6. The van der Waals surface area contributed by atoms with Gasteiger partial charge in [0.25, 0.3) is 0 Å². The summed E-state index contributed by atoms with van der Waals surface area (Å²) in [4.78, 5) is 25.5. The number of esters is 2. The van der Waals surface area contributed by atoms with Gasteiger partial charge in [-0.05, 0) is 51.4 Å². The summed E-state index contributed by atoms with van der Waals surface area (Å²) in [6.45, 7) is 2.45. The zero-order valence-electron chi connectivity index (χ0n) is 35.5. The first-order valence-corrected chi connectivity index (χ1v) is 22.1. The maximum absolute atomic E-state index is 12.9. The number of rotatable bonds is 32. The van der Waals surface area contributed by atoms with Gasteiger partial charge in [0.2, 0.25) is 0 Å². The fourth-order valence-corrected chi connectivity index (χ4v) is 6.63. The van der Waals surface area contributed by atoms with Crippen molar-refractivity contribution in [3.63, 3.8) is 0 Å². The van der Waals surface area contributed by atoms with Crippen LogP contribution < -0.4 is 0 Å². The van der Waals surface area contributed by atoms with Crippen molar-refractivity contribution in [2.45, 2.75) is 203 Å². The topological polar surface area (TPSA) is 231 Å². The molecule has 342 valence electrons. The van der Waals surface area contributed by atoms with Crippen LogP contribution in [-0.4, -0.2) is 142 Å². The molecule has 2 saturated heterocycles. The van der Waals surface area contributed by atoms with Gasteiger partial charge in [-0.15, -0.1) is 0 Å². The predicted octanol–water partition coefficient (Wildman–Crippen LogP) is 4.20. The predicted molar refractivity (Wildman–Crippen MR) is 220 cm³/mol. The summed E-state index contributed by atoms with van der Waals surface area (Å²) in [5.74, 6) is -0.978. The molecule has 7 N–H and O–H groups in total. The zero-order valence-corrected chi connectivity index (χ0v) is 35.5. The van der Waals surface area contributed by atoms with E-state index in [1.165, 1.54) is 44.9 Å². The number of ether oxygens (including phenoxy) is 6. The highest BCUT2D eigenvalue weighted by molar-refractivity contribution is 5.70. The quantitative estimate of drug-likeness (QED) is 0.0286. The van der Waals surface area contributed by atoms with E-state index in [0.29, 0.717) is 12.8 Å². The normalized spacial score (nSPS) is 28.2. The Hall–Kier alpha value is -2.28. The Bertz CT molecular complexity index is 1180. The highest BCUT2D eigenvalue weighted by Gasteiger charge is 2.47. The van der Waals surface area contributed by atoms with E-state index >= 15 is 0 Å². The molecule has 0 aromatic rings. The molecule has 0 saturated carbocycles. The van der Waals surface area contributed by atoms with Crippen LogP contribution in [0.1, 0.15) is 136 Å². The van der Waals surface area contributed by atoms with Crippen molar-refractivity contribution in [1.29, 1.82) is 0 Å². The smallest absolute Gasteiger partial charge is 0.306 e. The number of carbonyl (C=O) groups excluding carboxylic acids is 2. The lowest BCUT2D eigenvalue weighted by atomic mass is 9.98. The van der Waals surface area contributed by atoms with Crippen molar-refractivity contribution >= 4 is 11.9 Å². The Balaban J connectivity index is 1.88. The van der Waals surface area contributed by atoms with Gasteiger partial charge in [-0.1, -0.05) is 108 Å². The fraction of sp³-hybridized carbons (Fsp3) is 0.818. The van der Waals surface area contributed by atoms with Gasteiger partial charge < -0.3 is 64.2 Å². The van der Waals surface area contributed by atoms with Crippen LogP contribution >= 0.6 is 0 Å². The lowest BCUT2D eigenvalue weighted by molar-refractivity contribution is -0.332.